The molecule has 5 heteroatoms. The maximum atomic E-state index is 11.7. The molecule has 0 amide bonds. The quantitative estimate of drug-likeness (QED) is 0.783. The number of thiophene rings is 1. The van der Waals surface area contributed by atoms with E-state index in [0.717, 1.165) is 29.3 Å². The molecule has 1 fully saturated rings. The van der Waals surface area contributed by atoms with Gasteiger partial charge in [0, 0.05) is 24.3 Å². The van der Waals surface area contributed by atoms with Crippen LogP contribution in [0.1, 0.15) is 30.0 Å². The minimum atomic E-state index is -0.724. The van der Waals surface area contributed by atoms with Gasteiger partial charge in [0.05, 0.1) is 6.04 Å². The number of aromatic nitrogens is 1. The lowest BCUT2D eigenvalue weighted by molar-refractivity contribution is -0.142. The summed E-state index contributed by atoms with van der Waals surface area (Å²) in [7, 11) is 0. The first-order valence-corrected chi connectivity index (χ1v) is 9.02. The molecule has 2 atom stereocenters. The monoisotopic (exact) mass is 338 g/mol. The van der Waals surface area contributed by atoms with E-state index in [1.54, 1.807) is 17.5 Å². The lowest BCUT2D eigenvalue weighted by Gasteiger charge is -2.31. The van der Waals surface area contributed by atoms with Crippen molar-refractivity contribution in [3.63, 3.8) is 0 Å². The van der Waals surface area contributed by atoms with Gasteiger partial charge in [0.15, 0.2) is 0 Å². The molecule has 2 aromatic heterocycles. The van der Waals surface area contributed by atoms with Gasteiger partial charge in [-0.2, -0.15) is 11.3 Å². The minimum absolute atomic E-state index is 0.0163. The van der Waals surface area contributed by atoms with Gasteiger partial charge in [-0.15, -0.1) is 0 Å². The maximum Gasteiger partial charge on any atom is 0.320 e. The normalized spacial score (nSPS) is 19.6. The summed E-state index contributed by atoms with van der Waals surface area (Å²) in [6.45, 7) is 0.811. The van der Waals surface area contributed by atoms with Crippen molar-refractivity contribution in [3.05, 3.63) is 64.6 Å². The van der Waals surface area contributed by atoms with Crippen molar-refractivity contribution < 1.29 is 9.90 Å². The van der Waals surface area contributed by atoms with E-state index >= 15 is 0 Å². The number of pyridine rings is 1. The van der Waals surface area contributed by atoms with Crippen LogP contribution < -0.4 is 0 Å². The van der Waals surface area contributed by atoms with Crippen molar-refractivity contribution in [1.29, 1.82) is 0 Å². The van der Waals surface area contributed by atoms with Crippen LogP contribution in [-0.4, -0.2) is 33.5 Å². The fourth-order valence-corrected chi connectivity index (χ4v) is 4.32. The van der Waals surface area contributed by atoms with Gasteiger partial charge in [-0.1, -0.05) is 12.1 Å². The molecule has 0 aliphatic carbocycles. The number of aliphatic carboxylic acids is 1. The van der Waals surface area contributed by atoms with Gasteiger partial charge < -0.3 is 5.11 Å². The first kappa shape index (κ1) is 15.3. The highest BCUT2D eigenvalue weighted by atomic mass is 32.1. The second-order valence-electron chi connectivity index (χ2n) is 6.18. The zero-order chi connectivity index (χ0) is 16.5. The number of carboxylic acid groups (broad SMARTS) is 1. The van der Waals surface area contributed by atoms with Gasteiger partial charge in [-0.25, -0.2) is 0 Å². The Kier molecular flexibility index (Phi) is 4.04. The number of likely N-dealkylation sites (tertiary alicyclic amines) is 1. The fourth-order valence-electron chi connectivity index (χ4n) is 3.64. The Labute approximate surface area is 144 Å². The van der Waals surface area contributed by atoms with E-state index in [1.807, 2.05) is 12.3 Å². The van der Waals surface area contributed by atoms with E-state index in [-0.39, 0.29) is 6.04 Å². The lowest BCUT2D eigenvalue weighted by atomic mass is 9.96. The molecule has 4 rings (SSSR count). The first-order chi connectivity index (χ1) is 11.7. The largest absolute Gasteiger partial charge is 0.480 e. The van der Waals surface area contributed by atoms with Crippen LogP contribution in [0.4, 0.5) is 0 Å². The SMILES string of the molecule is O=C(O)C1CCCN1C(c1ccsc1)c1ccc2cnccc2c1. The molecule has 4 nitrogen and oxygen atoms in total. The van der Waals surface area contributed by atoms with Crippen molar-refractivity contribution in [2.24, 2.45) is 0 Å². The summed E-state index contributed by atoms with van der Waals surface area (Å²) >= 11 is 1.65. The van der Waals surface area contributed by atoms with E-state index in [4.69, 9.17) is 0 Å². The average molecular weight is 338 g/mol. The molecular weight excluding hydrogens is 320 g/mol. The number of hydrogen-bond donors (Lipinski definition) is 1. The average Bonchev–Trinajstić information content (AvgIpc) is 3.27. The van der Waals surface area contributed by atoms with Crippen LogP contribution in [0.3, 0.4) is 0 Å². The van der Waals surface area contributed by atoms with Crippen LogP contribution in [0, 0.1) is 0 Å². The van der Waals surface area contributed by atoms with Crippen molar-refractivity contribution in [1.82, 2.24) is 9.88 Å². The van der Waals surface area contributed by atoms with E-state index in [1.165, 1.54) is 5.56 Å². The molecule has 2 unspecified atom stereocenters. The fraction of sp³-hybridized carbons (Fsp3) is 0.263. The van der Waals surface area contributed by atoms with Crippen molar-refractivity contribution in [3.8, 4) is 0 Å². The van der Waals surface area contributed by atoms with E-state index < -0.39 is 12.0 Å². The van der Waals surface area contributed by atoms with E-state index in [0.29, 0.717) is 6.42 Å². The smallest absolute Gasteiger partial charge is 0.320 e. The summed E-state index contributed by atoms with van der Waals surface area (Å²) in [5.74, 6) is -0.724. The van der Waals surface area contributed by atoms with Gasteiger partial charge in [0.1, 0.15) is 6.04 Å². The molecule has 0 radical (unpaired) electrons. The molecule has 1 aliphatic heterocycles. The molecule has 0 spiro atoms. The predicted octanol–water partition coefficient (Wildman–Crippen LogP) is 3.93. The van der Waals surface area contributed by atoms with Gasteiger partial charge >= 0.3 is 5.97 Å². The molecule has 1 saturated heterocycles. The summed E-state index contributed by atoms with van der Waals surface area (Å²) in [4.78, 5) is 18.0. The van der Waals surface area contributed by atoms with Gasteiger partial charge in [0.25, 0.3) is 0 Å². The second kappa shape index (κ2) is 6.34. The van der Waals surface area contributed by atoms with Crippen molar-refractivity contribution >= 4 is 28.1 Å². The minimum Gasteiger partial charge on any atom is -0.480 e. The number of benzene rings is 1. The second-order valence-corrected chi connectivity index (χ2v) is 6.96. The highest BCUT2D eigenvalue weighted by molar-refractivity contribution is 7.08. The Morgan fingerprint density at radius 1 is 1.25 bits per heavy atom. The number of carboxylic acids is 1. The summed E-state index contributed by atoms with van der Waals surface area (Å²) < 4.78 is 0. The van der Waals surface area contributed by atoms with Crippen LogP contribution in [0.15, 0.2) is 53.5 Å². The zero-order valence-electron chi connectivity index (χ0n) is 13.1. The molecular formula is C19H18N2O2S. The number of fused-ring (bicyclic) bond motifs is 1. The lowest BCUT2D eigenvalue weighted by Crippen LogP contribution is -2.39. The van der Waals surface area contributed by atoms with Crippen LogP contribution >= 0.6 is 11.3 Å². The van der Waals surface area contributed by atoms with Crippen LogP contribution in [0.2, 0.25) is 0 Å². The Hall–Kier alpha value is -2.24. The molecule has 122 valence electrons. The highest BCUT2D eigenvalue weighted by Crippen LogP contribution is 2.36. The number of carbonyl (C=O) groups is 1. The highest BCUT2D eigenvalue weighted by Gasteiger charge is 2.36. The summed E-state index contributed by atoms with van der Waals surface area (Å²) in [5, 5.41) is 16.0. The summed E-state index contributed by atoms with van der Waals surface area (Å²) in [5.41, 5.74) is 2.31. The Bertz CT molecular complexity index is 863. The van der Waals surface area contributed by atoms with Crippen molar-refractivity contribution in [2.75, 3.05) is 6.54 Å². The third-order valence-electron chi connectivity index (χ3n) is 4.75. The number of hydrogen-bond acceptors (Lipinski definition) is 4. The molecule has 3 aromatic rings. The molecule has 1 N–H and O–H groups in total. The topological polar surface area (TPSA) is 53.4 Å². The van der Waals surface area contributed by atoms with Crippen LogP contribution in [-0.2, 0) is 4.79 Å². The summed E-state index contributed by atoms with van der Waals surface area (Å²) in [6, 6.07) is 10.0. The van der Waals surface area contributed by atoms with Crippen LogP contribution in [0.5, 0.6) is 0 Å². The summed E-state index contributed by atoms with van der Waals surface area (Å²) in [6.07, 6.45) is 5.29. The predicted molar refractivity (Wildman–Crippen MR) is 95.3 cm³/mol. The zero-order valence-corrected chi connectivity index (χ0v) is 13.9. The van der Waals surface area contributed by atoms with Crippen LogP contribution in [0.25, 0.3) is 10.8 Å². The molecule has 1 aromatic carbocycles. The molecule has 0 bridgehead atoms. The van der Waals surface area contributed by atoms with Crippen molar-refractivity contribution in [2.45, 2.75) is 24.9 Å². The van der Waals surface area contributed by atoms with Gasteiger partial charge in [-0.05, 0) is 58.3 Å². The Morgan fingerprint density at radius 2 is 2.17 bits per heavy atom. The Balaban J connectivity index is 1.81. The Morgan fingerprint density at radius 3 is 2.96 bits per heavy atom. The molecule has 1 aliphatic rings. The molecule has 24 heavy (non-hydrogen) atoms. The van der Waals surface area contributed by atoms with E-state index in [2.05, 4.69) is 44.9 Å². The standard InChI is InChI=1S/C19H18N2O2S/c22-19(23)17-2-1-8-21(17)18(16-6-9-24-12-16)14-3-4-15-11-20-7-5-13(15)10-14/h3-7,9-12,17-18H,1-2,8H2,(H,22,23). The van der Waals surface area contributed by atoms with Gasteiger partial charge in [0.2, 0.25) is 0 Å². The molecule has 0 saturated carbocycles. The third-order valence-corrected chi connectivity index (χ3v) is 5.45. The number of nitrogens with zero attached hydrogens (tertiary/aromatic N) is 2. The first-order valence-electron chi connectivity index (χ1n) is 8.08. The maximum absolute atomic E-state index is 11.7. The van der Waals surface area contributed by atoms with E-state index in [9.17, 15) is 9.90 Å². The molecule has 3 heterocycles. The number of rotatable bonds is 4. The third kappa shape index (κ3) is 2.70. The van der Waals surface area contributed by atoms with Gasteiger partial charge in [-0.3, -0.25) is 14.7 Å².